The van der Waals surface area contributed by atoms with Crippen molar-refractivity contribution in [3.63, 3.8) is 0 Å². The van der Waals surface area contributed by atoms with E-state index in [-0.39, 0.29) is 5.97 Å². The Morgan fingerprint density at radius 2 is 2.20 bits per heavy atom. The standard InChI is InChI=1S/C11H13ClO2S/c1-4-14-11(13)10-7(2)5-8(15-3)6-9(10)12/h5-6H,4H2,1-3H3. The molecule has 0 saturated heterocycles. The number of thioether (sulfide) groups is 1. The van der Waals surface area contributed by atoms with Gasteiger partial charge in [-0.05, 0) is 37.8 Å². The predicted octanol–water partition coefficient (Wildman–Crippen LogP) is 3.55. The van der Waals surface area contributed by atoms with Crippen LogP contribution in [-0.4, -0.2) is 18.8 Å². The number of esters is 1. The molecule has 0 N–H and O–H groups in total. The minimum Gasteiger partial charge on any atom is -0.462 e. The molecule has 2 nitrogen and oxygen atoms in total. The molecule has 0 aliphatic carbocycles. The highest BCUT2D eigenvalue weighted by Gasteiger charge is 2.15. The average Bonchev–Trinajstić information content (AvgIpc) is 2.16. The second-order valence-corrected chi connectivity index (χ2v) is 4.31. The van der Waals surface area contributed by atoms with E-state index >= 15 is 0 Å². The molecule has 0 amide bonds. The Kier molecular flexibility index (Phi) is 4.48. The Hall–Kier alpha value is -0.670. The first-order chi connectivity index (χ1) is 7.10. The summed E-state index contributed by atoms with van der Waals surface area (Å²) in [4.78, 5) is 12.6. The van der Waals surface area contributed by atoms with Crippen LogP contribution < -0.4 is 0 Å². The van der Waals surface area contributed by atoms with Crippen molar-refractivity contribution in [1.82, 2.24) is 0 Å². The third-order valence-electron chi connectivity index (χ3n) is 1.98. The van der Waals surface area contributed by atoms with Crippen molar-refractivity contribution in [2.45, 2.75) is 18.7 Å². The zero-order valence-corrected chi connectivity index (χ0v) is 10.5. The van der Waals surface area contributed by atoms with Gasteiger partial charge in [0.05, 0.1) is 17.2 Å². The lowest BCUT2D eigenvalue weighted by molar-refractivity contribution is 0.0525. The Balaban J connectivity index is 3.13. The first kappa shape index (κ1) is 12.4. The molecule has 0 radical (unpaired) electrons. The average molecular weight is 245 g/mol. The van der Waals surface area contributed by atoms with E-state index in [1.54, 1.807) is 24.8 Å². The number of hydrogen-bond acceptors (Lipinski definition) is 3. The van der Waals surface area contributed by atoms with Crippen LogP contribution in [0, 0.1) is 6.92 Å². The smallest absolute Gasteiger partial charge is 0.339 e. The minimum absolute atomic E-state index is 0.354. The Labute approximate surface area is 99.0 Å². The van der Waals surface area contributed by atoms with E-state index in [0.717, 1.165) is 10.5 Å². The topological polar surface area (TPSA) is 26.3 Å². The van der Waals surface area contributed by atoms with Gasteiger partial charge < -0.3 is 4.74 Å². The molecule has 0 spiro atoms. The van der Waals surface area contributed by atoms with Crippen LogP contribution in [0.25, 0.3) is 0 Å². The second kappa shape index (κ2) is 5.42. The van der Waals surface area contributed by atoms with Crippen LogP contribution in [0.4, 0.5) is 0 Å². The van der Waals surface area contributed by atoms with E-state index < -0.39 is 0 Å². The predicted molar refractivity (Wildman–Crippen MR) is 63.9 cm³/mol. The molecule has 4 heteroatoms. The van der Waals surface area contributed by atoms with Gasteiger partial charge >= 0.3 is 5.97 Å². The molecule has 0 heterocycles. The second-order valence-electron chi connectivity index (χ2n) is 3.02. The van der Waals surface area contributed by atoms with Crippen LogP contribution in [0.1, 0.15) is 22.8 Å². The fraction of sp³-hybridized carbons (Fsp3) is 0.364. The molecular weight excluding hydrogens is 232 g/mol. The number of carbonyl (C=O) groups is 1. The summed E-state index contributed by atoms with van der Waals surface area (Å²) < 4.78 is 4.93. The molecule has 0 unspecified atom stereocenters. The Morgan fingerprint density at radius 1 is 1.53 bits per heavy atom. The molecule has 0 aliphatic heterocycles. The van der Waals surface area contributed by atoms with E-state index in [0.29, 0.717) is 17.2 Å². The van der Waals surface area contributed by atoms with Gasteiger partial charge in [-0.1, -0.05) is 11.6 Å². The molecule has 0 aliphatic rings. The first-order valence-corrected chi connectivity index (χ1v) is 6.21. The number of rotatable bonds is 3. The molecule has 1 rings (SSSR count). The van der Waals surface area contributed by atoms with Gasteiger partial charge in [-0.15, -0.1) is 11.8 Å². The molecule has 15 heavy (non-hydrogen) atoms. The molecule has 0 saturated carbocycles. The van der Waals surface area contributed by atoms with Crippen molar-refractivity contribution in [3.05, 3.63) is 28.3 Å². The maximum absolute atomic E-state index is 11.6. The van der Waals surface area contributed by atoms with E-state index in [9.17, 15) is 4.79 Å². The van der Waals surface area contributed by atoms with E-state index in [1.165, 1.54) is 0 Å². The monoisotopic (exact) mass is 244 g/mol. The molecule has 0 fully saturated rings. The van der Waals surface area contributed by atoms with Crippen LogP contribution in [-0.2, 0) is 4.74 Å². The Bertz CT molecular complexity index is 354. The third kappa shape index (κ3) is 2.89. The number of halogens is 1. The zero-order chi connectivity index (χ0) is 11.4. The first-order valence-electron chi connectivity index (χ1n) is 4.61. The summed E-state index contributed by atoms with van der Waals surface area (Å²) in [6.45, 7) is 3.99. The van der Waals surface area contributed by atoms with Gasteiger partial charge in [-0.25, -0.2) is 4.79 Å². The van der Waals surface area contributed by atoms with Gasteiger partial charge in [-0.2, -0.15) is 0 Å². The van der Waals surface area contributed by atoms with Crippen LogP contribution in [0.2, 0.25) is 5.02 Å². The number of aryl methyl sites for hydroxylation is 1. The summed E-state index contributed by atoms with van der Waals surface area (Å²) in [6, 6.07) is 3.72. The van der Waals surface area contributed by atoms with E-state index in [2.05, 4.69) is 0 Å². The van der Waals surface area contributed by atoms with E-state index in [4.69, 9.17) is 16.3 Å². The summed E-state index contributed by atoms with van der Waals surface area (Å²) in [5.74, 6) is -0.354. The summed E-state index contributed by atoms with van der Waals surface area (Å²) in [6.07, 6.45) is 1.97. The van der Waals surface area contributed by atoms with Crippen molar-refractivity contribution in [3.8, 4) is 0 Å². The summed E-state index contributed by atoms with van der Waals surface area (Å²) in [5, 5.41) is 0.456. The fourth-order valence-electron chi connectivity index (χ4n) is 1.29. The molecule has 1 aromatic rings. The SMILES string of the molecule is CCOC(=O)c1c(C)cc(SC)cc1Cl. The van der Waals surface area contributed by atoms with Crippen molar-refractivity contribution in [2.24, 2.45) is 0 Å². The van der Waals surface area contributed by atoms with Crippen molar-refractivity contribution in [1.29, 1.82) is 0 Å². The van der Waals surface area contributed by atoms with E-state index in [1.807, 2.05) is 19.2 Å². The number of carbonyl (C=O) groups excluding carboxylic acids is 1. The third-order valence-corrected chi connectivity index (χ3v) is 2.98. The van der Waals surface area contributed by atoms with Gasteiger partial charge in [0.25, 0.3) is 0 Å². The normalized spacial score (nSPS) is 10.1. The van der Waals surface area contributed by atoms with Gasteiger partial charge in [0.1, 0.15) is 0 Å². The van der Waals surface area contributed by atoms with Gasteiger partial charge in [-0.3, -0.25) is 0 Å². The summed E-state index contributed by atoms with van der Waals surface area (Å²) >= 11 is 7.62. The van der Waals surface area contributed by atoms with Crippen molar-refractivity contribution in [2.75, 3.05) is 12.9 Å². The molecule has 0 atom stereocenters. The lowest BCUT2D eigenvalue weighted by Crippen LogP contribution is -2.07. The lowest BCUT2D eigenvalue weighted by Gasteiger charge is -2.09. The zero-order valence-electron chi connectivity index (χ0n) is 8.96. The van der Waals surface area contributed by atoms with Crippen LogP contribution in [0.15, 0.2) is 17.0 Å². The number of benzene rings is 1. The van der Waals surface area contributed by atoms with Gasteiger partial charge in [0.2, 0.25) is 0 Å². The van der Waals surface area contributed by atoms with Crippen molar-refractivity contribution < 1.29 is 9.53 Å². The van der Waals surface area contributed by atoms with Gasteiger partial charge in [0.15, 0.2) is 0 Å². The highest BCUT2D eigenvalue weighted by molar-refractivity contribution is 7.98. The highest BCUT2D eigenvalue weighted by Crippen LogP contribution is 2.27. The summed E-state index contributed by atoms with van der Waals surface area (Å²) in [7, 11) is 0. The number of hydrogen-bond donors (Lipinski definition) is 0. The maximum atomic E-state index is 11.6. The van der Waals surface area contributed by atoms with Crippen LogP contribution >= 0.6 is 23.4 Å². The lowest BCUT2D eigenvalue weighted by atomic mass is 10.1. The van der Waals surface area contributed by atoms with Crippen molar-refractivity contribution >= 4 is 29.3 Å². The largest absolute Gasteiger partial charge is 0.462 e. The van der Waals surface area contributed by atoms with Gasteiger partial charge in [0, 0.05) is 4.90 Å². The summed E-state index contributed by atoms with van der Waals surface area (Å²) in [5.41, 5.74) is 1.32. The molecule has 0 bridgehead atoms. The number of ether oxygens (including phenoxy) is 1. The molecule has 1 aromatic carbocycles. The van der Waals surface area contributed by atoms with Crippen LogP contribution in [0.3, 0.4) is 0 Å². The Morgan fingerprint density at radius 3 is 2.67 bits per heavy atom. The highest BCUT2D eigenvalue weighted by atomic mass is 35.5. The molecule has 0 aromatic heterocycles. The molecule has 82 valence electrons. The quantitative estimate of drug-likeness (QED) is 0.601. The fourth-order valence-corrected chi connectivity index (χ4v) is 2.23. The van der Waals surface area contributed by atoms with Crippen LogP contribution in [0.5, 0.6) is 0 Å². The minimum atomic E-state index is -0.354. The maximum Gasteiger partial charge on any atom is 0.339 e. The molecular formula is C11H13ClO2S.